The van der Waals surface area contributed by atoms with Crippen molar-refractivity contribution in [1.82, 2.24) is 4.90 Å². The average Bonchev–Trinajstić information content (AvgIpc) is 3.57. The summed E-state index contributed by atoms with van der Waals surface area (Å²) in [5, 5.41) is 0. The highest BCUT2D eigenvalue weighted by Gasteiger charge is 2.43. The summed E-state index contributed by atoms with van der Waals surface area (Å²) >= 11 is 0. The van der Waals surface area contributed by atoms with Crippen LogP contribution in [-0.4, -0.2) is 50.3 Å². The Morgan fingerprint density at radius 2 is 2.09 bits per heavy atom. The van der Waals surface area contributed by atoms with Gasteiger partial charge in [0.15, 0.2) is 0 Å². The van der Waals surface area contributed by atoms with Gasteiger partial charge in [0, 0.05) is 38.9 Å². The molecule has 0 spiro atoms. The molecule has 5 nitrogen and oxygen atoms in total. The average molecular weight is 457 g/mol. The number of methoxy groups -OCH3 is 1. The second-order valence-corrected chi connectivity index (χ2v) is 9.22. The molecule has 1 heterocycles. The van der Waals surface area contributed by atoms with E-state index in [1.165, 1.54) is 32.3 Å². The van der Waals surface area contributed by atoms with Crippen LogP contribution >= 0.6 is 0 Å². The molecule has 1 aliphatic carbocycles. The van der Waals surface area contributed by atoms with Crippen molar-refractivity contribution in [3.63, 3.8) is 0 Å². The molecule has 1 saturated carbocycles. The molecule has 0 bridgehead atoms. The van der Waals surface area contributed by atoms with Gasteiger partial charge in [-0.1, -0.05) is 18.7 Å². The lowest BCUT2D eigenvalue weighted by Gasteiger charge is -2.33. The lowest BCUT2D eigenvalue weighted by atomic mass is 9.90. The molecule has 2 atom stereocenters. The fourth-order valence-electron chi connectivity index (χ4n) is 4.72. The molecule has 1 saturated heterocycles. The Kier molecular flexibility index (Phi) is 9.24. The van der Waals surface area contributed by atoms with E-state index in [1.54, 1.807) is 19.2 Å². The predicted octanol–water partition coefficient (Wildman–Crippen LogP) is 5.21. The number of rotatable bonds is 12. The van der Waals surface area contributed by atoms with E-state index in [-0.39, 0.29) is 18.0 Å². The van der Waals surface area contributed by atoms with Crippen molar-refractivity contribution in [2.45, 2.75) is 46.0 Å². The fraction of sp³-hybridized carbons (Fsp3) is 0.556. The lowest BCUT2D eigenvalue weighted by Crippen LogP contribution is -2.33. The zero-order valence-corrected chi connectivity index (χ0v) is 20.2. The molecular weight excluding hydrogens is 419 g/mol. The van der Waals surface area contributed by atoms with Crippen molar-refractivity contribution in [1.29, 1.82) is 0 Å². The first-order valence-electron chi connectivity index (χ1n) is 11.9. The summed E-state index contributed by atoms with van der Waals surface area (Å²) in [6.45, 7) is 10.8. The van der Waals surface area contributed by atoms with Crippen LogP contribution in [0.5, 0.6) is 5.75 Å². The van der Waals surface area contributed by atoms with Crippen molar-refractivity contribution in [2.24, 2.45) is 22.7 Å². The number of aliphatic imine (C=N–C) groups is 1. The Morgan fingerprint density at radius 1 is 1.33 bits per heavy atom. The number of carbonyl (C=O) groups is 1. The number of ketones is 1. The molecule has 0 N–H and O–H groups in total. The Labute approximate surface area is 197 Å². The van der Waals surface area contributed by atoms with Crippen LogP contribution in [0.4, 0.5) is 4.39 Å². The smallest absolute Gasteiger partial charge is 0.134 e. The molecule has 180 valence electrons. The maximum absolute atomic E-state index is 14.1. The SMILES string of the molecule is C=C(/N=C\C(=C/C)COC)N1CCC([C@H]2C[C@H]2CCOc2ccc(CC(C)=O)c(F)c2)CC1. The number of carbonyl (C=O) groups excluding carboxylic acids is 1. The van der Waals surface area contributed by atoms with Gasteiger partial charge in [0.25, 0.3) is 0 Å². The molecule has 1 aromatic carbocycles. The number of nitrogens with zero attached hydrogens (tertiary/aromatic N) is 2. The number of ether oxygens (including phenoxy) is 2. The second-order valence-electron chi connectivity index (χ2n) is 9.22. The summed E-state index contributed by atoms with van der Waals surface area (Å²) in [5.41, 5.74) is 1.47. The van der Waals surface area contributed by atoms with Gasteiger partial charge >= 0.3 is 0 Å². The monoisotopic (exact) mass is 456 g/mol. The Bertz CT molecular complexity index is 887. The van der Waals surface area contributed by atoms with Gasteiger partial charge in [-0.05, 0) is 74.5 Å². The number of Topliss-reactive ketones (excluding diaryl/α,β-unsaturated/α-hetero) is 1. The largest absolute Gasteiger partial charge is 0.493 e. The van der Waals surface area contributed by atoms with Gasteiger partial charge in [-0.15, -0.1) is 0 Å². The number of allylic oxidation sites excluding steroid dienone is 1. The molecule has 0 aromatic heterocycles. The molecule has 2 aliphatic rings. The molecule has 6 heteroatoms. The Balaban J connectivity index is 1.36. The molecule has 1 aliphatic heterocycles. The Morgan fingerprint density at radius 3 is 2.73 bits per heavy atom. The van der Waals surface area contributed by atoms with Gasteiger partial charge in [-0.2, -0.15) is 0 Å². The summed E-state index contributed by atoms with van der Waals surface area (Å²) in [7, 11) is 1.68. The standard InChI is InChI=1S/C27H37FN2O3/c1-5-21(18-32-4)17-29-20(3)30-11-8-22(9-12-30)26-15-23(26)10-13-33-25-7-6-24(14-19(2)31)27(28)16-25/h5-7,16-17,22-23,26H,3,8-15,18H2,1-2,4H3/b21-5+,29-17-/t23-,26-/m1/s1. The summed E-state index contributed by atoms with van der Waals surface area (Å²) < 4.78 is 25.0. The summed E-state index contributed by atoms with van der Waals surface area (Å²) in [5.74, 6) is 3.18. The number of piperidine rings is 1. The van der Waals surface area contributed by atoms with E-state index in [1.807, 2.05) is 19.2 Å². The van der Waals surface area contributed by atoms with E-state index < -0.39 is 0 Å². The molecule has 2 fully saturated rings. The number of benzene rings is 1. The summed E-state index contributed by atoms with van der Waals surface area (Å²) in [4.78, 5) is 18.0. The van der Waals surface area contributed by atoms with Gasteiger partial charge < -0.3 is 14.4 Å². The van der Waals surface area contributed by atoms with Crippen molar-refractivity contribution < 1.29 is 18.7 Å². The van der Waals surface area contributed by atoms with Crippen molar-refractivity contribution in [3.05, 3.63) is 53.6 Å². The molecular formula is C27H37FN2O3. The number of hydrogen-bond acceptors (Lipinski definition) is 5. The van der Waals surface area contributed by atoms with Crippen LogP contribution in [0.2, 0.25) is 0 Å². The maximum Gasteiger partial charge on any atom is 0.134 e. The van der Waals surface area contributed by atoms with E-state index in [0.29, 0.717) is 30.4 Å². The number of hydrogen-bond donors (Lipinski definition) is 0. The van der Waals surface area contributed by atoms with Crippen LogP contribution in [0.3, 0.4) is 0 Å². The first-order valence-corrected chi connectivity index (χ1v) is 11.9. The van der Waals surface area contributed by atoms with Gasteiger partial charge in [0.1, 0.15) is 23.2 Å². The molecule has 0 amide bonds. The second kappa shape index (κ2) is 12.1. The molecule has 0 unspecified atom stereocenters. The highest BCUT2D eigenvalue weighted by Crippen LogP contribution is 2.49. The third-order valence-corrected chi connectivity index (χ3v) is 6.77. The van der Waals surface area contributed by atoms with E-state index in [0.717, 1.165) is 42.7 Å². The van der Waals surface area contributed by atoms with Crippen molar-refractivity contribution in [3.8, 4) is 5.75 Å². The lowest BCUT2D eigenvalue weighted by molar-refractivity contribution is -0.116. The first-order chi connectivity index (χ1) is 15.9. The minimum Gasteiger partial charge on any atom is -0.493 e. The quantitative estimate of drug-likeness (QED) is 0.405. The van der Waals surface area contributed by atoms with E-state index in [2.05, 4.69) is 16.5 Å². The fourth-order valence-corrected chi connectivity index (χ4v) is 4.72. The number of likely N-dealkylation sites (tertiary alicyclic amines) is 1. The third-order valence-electron chi connectivity index (χ3n) is 6.77. The normalized spacial score (nSPS) is 21.5. The highest BCUT2D eigenvalue weighted by molar-refractivity contribution is 5.79. The zero-order valence-electron chi connectivity index (χ0n) is 20.2. The molecule has 3 rings (SSSR count). The van der Waals surface area contributed by atoms with Crippen molar-refractivity contribution >= 4 is 12.0 Å². The molecule has 1 aromatic rings. The van der Waals surface area contributed by atoms with Gasteiger partial charge in [-0.25, -0.2) is 9.38 Å². The van der Waals surface area contributed by atoms with Gasteiger partial charge in [0.2, 0.25) is 0 Å². The Hall–Kier alpha value is -2.47. The van der Waals surface area contributed by atoms with E-state index >= 15 is 0 Å². The van der Waals surface area contributed by atoms with Gasteiger partial charge in [0.05, 0.1) is 13.2 Å². The maximum atomic E-state index is 14.1. The summed E-state index contributed by atoms with van der Waals surface area (Å²) in [6.07, 6.45) is 8.59. The molecule has 33 heavy (non-hydrogen) atoms. The number of halogens is 1. The minimum atomic E-state index is -0.370. The van der Waals surface area contributed by atoms with Crippen LogP contribution < -0.4 is 4.74 Å². The highest BCUT2D eigenvalue weighted by atomic mass is 19.1. The third kappa shape index (κ3) is 7.53. The van der Waals surface area contributed by atoms with Gasteiger partial charge in [-0.3, -0.25) is 4.79 Å². The topological polar surface area (TPSA) is 51.1 Å². The minimum absolute atomic E-state index is 0.0462. The van der Waals surface area contributed by atoms with Crippen LogP contribution in [-0.2, 0) is 16.0 Å². The van der Waals surface area contributed by atoms with Crippen LogP contribution in [0.1, 0.15) is 45.1 Å². The molecule has 0 radical (unpaired) electrons. The summed E-state index contributed by atoms with van der Waals surface area (Å²) in [6, 6.07) is 4.79. The van der Waals surface area contributed by atoms with Crippen LogP contribution in [0.25, 0.3) is 0 Å². The van der Waals surface area contributed by atoms with E-state index in [4.69, 9.17) is 9.47 Å². The van der Waals surface area contributed by atoms with Crippen LogP contribution in [0, 0.1) is 23.6 Å². The zero-order chi connectivity index (χ0) is 23.8. The van der Waals surface area contributed by atoms with Crippen molar-refractivity contribution in [2.75, 3.05) is 33.4 Å². The predicted molar refractivity (Wildman–Crippen MR) is 130 cm³/mol. The first kappa shape index (κ1) is 25.2. The van der Waals surface area contributed by atoms with Crippen LogP contribution in [0.15, 0.2) is 47.2 Å². The van der Waals surface area contributed by atoms with E-state index in [9.17, 15) is 9.18 Å².